The van der Waals surface area contributed by atoms with Gasteiger partial charge in [0.2, 0.25) is 0 Å². The zero-order valence-electron chi connectivity index (χ0n) is 14.8. The summed E-state index contributed by atoms with van der Waals surface area (Å²) >= 11 is 0. The van der Waals surface area contributed by atoms with E-state index in [2.05, 4.69) is 45.6 Å². The Labute approximate surface area is 149 Å². The van der Waals surface area contributed by atoms with Crippen molar-refractivity contribution < 1.29 is 4.79 Å². The summed E-state index contributed by atoms with van der Waals surface area (Å²) < 4.78 is 1.63. The van der Waals surface area contributed by atoms with Crippen LogP contribution in [0, 0.1) is 0 Å². The number of nitrogens with one attached hydrogen (secondary N) is 1. The third-order valence-corrected chi connectivity index (χ3v) is 5.74. The van der Waals surface area contributed by atoms with Gasteiger partial charge in [-0.2, -0.15) is 5.10 Å². The summed E-state index contributed by atoms with van der Waals surface area (Å²) in [5, 5.41) is 7.23. The summed E-state index contributed by atoms with van der Waals surface area (Å²) in [6.07, 6.45) is 6.31. The third-order valence-electron chi connectivity index (χ3n) is 5.74. The van der Waals surface area contributed by atoms with Gasteiger partial charge in [-0.3, -0.25) is 9.48 Å². The molecule has 1 aliphatic carbocycles. The van der Waals surface area contributed by atoms with Crippen molar-refractivity contribution in [1.82, 2.24) is 20.0 Å². The van der Waals surface area contributed by atoms with Crippen molar-refractivity contribution in [2.24, 2.45) is 7.05 Å². The molecule has 1 saturated heterocycles. The van der Waals surface area contributed by atoms with Crippen LogP contribution in [-0.2, 0) is 12.5 Å². The Kier molecular flexibility index (Phi) is 4.34. The summed E-state index contributed by atoms with van der Waals surface area (Å²) in [4.78, 5) is 14.9. The number of carbonyl (C=O) groups excluding carboxylic acids is 1. The highest BCUT2D eigenvalue weighted by molar-refractivity contribution is 5.92. The van der Waals surface area contributed by atoms with Crippen LogP contribution in [0.4, 0.5) is 0 Å². The number of likely N-dealkylation sites (tertiary alicyclic amines) is 1. The predicted octanol–water partition coefficient (Wildman–Crippen LogP) is 2.35. The number of amides is 1. The highest BCUT2D eigenvalue weighted by atomic mass is 16.2. The maximum absolute atomic E-state index is 12.3. The lowest BCUT2D eigenvalue weighted by molar-refractivity contribution is 0.0898. The molecule has 0 bridgehead atoms. The van der Waals surface area contributed by atoms with E-state index in [1.807, 2.05) is 0 Å². The van der Waals surface area contributed by atoms with Crippen LogP contribution in [0.15, 0.2) is 42.6 Å². The maximum atomic E-state index is 12.3. The Hall–Kier alpha value is -2.14. The molecule has 2 heterocycles. The van der Waals surface area contributed by atoms with Crippen molar-refractivity contribution in [3.05, 3.63) is 53.9 Å². The van der Waals surface area contributed by atoms with Crippen molar-refractivity contribution in [2.75, 3.05) is 19.6 Å². The predicted molar refractivity (Wildman–Crippen MR) is 97.5 cm³/mol. The first-order chi connectivity index (χ1) is 12.2. The van der Waals surface area contributed by atoms with Crippen molar-refractivity contribution >= 4 is 5.91 Å². The molecule has 2 aliphatic rings. The normalized spacial score (nSPS) is 20.4. The maximum Gasteiger partial charge on any atom is 0.269 e. The van der Waals surface area contributed by atoms with Crippen LogP contribution in [-0.4, -0.2) is 46.3 Å². The average molecular weight is 338 g/mol. The van der Waals surface area contributed by atoms with Crippen molar-refractivity contribution in [2.45, 2.75) is 37.1 Å². The molecule has 132 valence electrons. The van der Waals surface area contributed by atoms with E-state index in [9.17, 15) is 4.79 Å². The van der Waals surface area contributed by atoms with Crippen LogP contribution in [0.25, 0.3) is 0 Å². The molecule has 25 heavy (non-hydrogen) atoms. The summed E-state index contributed by atoms with van der Waals surface area (Å²) in [6.45, 7) is 3.27. The largest absolute Gasteiger partial charge is 0.348 e. The van der Waals surface area contributed by atoms with E-state index in [-0.39, 0.29) is 11.9 Å². The molecule has 2 aromatic rings. The molecule has 4 rings (SSSR count). The first-order valence-electron chi connectivity index (χ1n) is 9.23. The lowest BCUT2D eigenvalue weighted by Crippen LogP contribution is -2.46. The van der Waals surface area contributed by atoms with Crippen LogP contribution in [0.3, 0.4) is 0 Å². The number of carbonyl (C=O) groups is 1. The molecule has 0 atom stereocenters. The number of nitrogens with zero attached hydrogens (tertiary/aromatic N) is 3. The van der Waals surface area contributed by atoms with Crippen LogP contribution < -0.4 is 5.32 Å². The first-order valence-corrected chi connectivity index (χ1v) is 9.23. The SMILES string of the molecule is Cn1nccc1C(=O)NC1CCN(CC2(c3ccccc3)CC2)CC1. The Morgan fingerprint density at radius 1 is 1.20 bits per heavy atom. The minimum atomic E-state index is -0.0126. The molecule has 5 heteroatoms. The Bertz CT molecular complexity index is 727. The molecule has 0 radical (unpaired) electrons. The fourth-order valence-corrected chi connectivity index (χ4v) is 4.00. The lowest BCUT2D eigenvalue weighted by Gasteiger charge is -2.35. The number of rotatable bonds is 5. The van der Waals surface area contributed by atoms with Gasteiger partial charge in [0.05, 0.1) is 0 Å². The molecule has 2 fully saturated rings. The molecule has 1 amide bonds. The van der Waals surface area contributed by atoms with Crippen LogP contribution in [0.1, 0.15) is 41.7 Å². The van der Waals surface area contributed by atoms with E-state index in [0.29, 0.717) is 11.1 Å². The van der Waals surface area contributed by atoms with E-state index >= 15 is 0 Å². The molecule has 1 aliphatic heterocycles. The van der Waals surface area contributed by atoms with Gasteiger partial charge >= 0.3 is 0 Å². The molecule has 0 unspecified atom stereocenters. The average Bonchev–Trinajstić information content (AvgIpc) is 3.29. The fraction of sp³-hybridized carbons (Fsp3) is 0.500. The quantitative estimate of drug-likeness (QED) is 0.910. The van der Waals surface area contributed by atoms with Gasteiger partial charge in [0.25, 0.3) is 5.91 Å². The van der Waals surface area contributed by atoms with Gasteiger partial charge in [-0.1, -0.05) is 30.3 Å². The number of benzene rings is 1. The monoisotopic (exact) mass is 338 g/mol. The van der Waals surface area contributed by atoms with E-state index in [4.69, 9.17) is 0 Å². The van der Waals surface area contributed by atoms with Crippen molar-refractivity contribution in [3.8, 4) is 0 Å². The van der Waals surface area contributed by atoms with Gasteiger partial charge < -0.3 is 10.2 Å². The van der Waals surface area contributed by atoms with Crippen molar-refractivity contribution in [1.29, 1.82) is 0 Å². The Morgan fingerprint density at radius 3 is 2.52 bits per heavy atom. The Balaban J connectivity index is 1.29. The fourth-order valence-electron chi connectivity index (χ4n) is 4.00. The first kappa shape index (κ1) is 16.3. The minimum Gasteiger partial charge on any atom is -0.348 e. The number of piperidine rings is 1. The zero-order valence-corrected chi connectivity index (χ0v) is 14.8. The van der Waals surface area contributed by atoms with E-state index < -0.39 is 0 Å². The van der Waals surface area contributed by atoms with E-state index in [1.54, 1.807) is 24.0 Å². The zero-order chi connectivity index (χ0) is 17.3. The topological polar surface area (TPSA) is 50.2 Å². The van der Waals surface area contributed by atoms with Gasteiger partial charge in [0, 0.05) is 44.3 Å². The smallest absolute Gasteiger partial charge is 0.269 e. The molecule has 1 aromatic carbocycles. The number of aromatic nitrogens is 2. The lowest BCUT2D eigenvalue weighted by atomic mass is 9.94. The molecule has 1 N–H and O–H groups in total. The summed E-state index contributed by atoms with van der Waals surface area (Å²) in [5.41, 5.74) is 2.50. The number of hydrogen-bond donors (Lipinski definition) is 1. The van der Waals surface area contributed by atoms with Crippen LogP contribution in [0.2, 0.25) is 0 Å². The van der Waals surface area contributed by atoms with Gasteiger partial charge in [-0.15, -0.1) is 0 Å². The van der Waals surface area contributed by atoms with Crippen LogP contribution >= 0.6 is 0 Å². The second-order valence-electron chi connectivity index (χ2n) is 7.51. The van der Waals surface area contributed by atoms with Gasteiger partial charge in [-0.05, 0) is 37.3 Å². The molecule has 5 nitrogen and oxygen atoms in total. The molecule has 1 aromatic heterocycles. The summed E-state index contributed by atoms with van der Waals surface area (Å²) in [5.74, 6) is -0.0126. The second-order valence-corrected chi connectivity index (χ2v) is 7.51. The van der Waals surface area contributed by atoms with Crippen molar-refractivity contribution in [3.63, 3.8) is 0 Å². The molecular formula is C20H26N4O. The molecule has 1 saturated carbocycles. The Morgan fingerprint density at radius 2 is 1.92 bits per heavy atom. The standard InChI is InChI=1S/C20H26N4O/c1-23-18(7-12-21-23)19(25)22-17-8-13-24(14-9-17)15-20(10-11-20)16-5-3-2-4-6-16/h2-7,12,17H,8-11,13-15H2,1H3,(H,22,25). The molecule has 0 spiro atoms. The highest BCUT2D eigenvalue weighted by Crippen LogP contribution is 2.48. The van der Waals surface area contributed by atoms with Gasteiger partial charge in [-0.25, -0.2) is 0 Å². The molecular weight excluding hydrogens is 312 g/mol. The second kappa shape index (κ2) is 6.64. The van der Waals surface area contributed by atoms with Gasteiger partial charge in [0.1, 0.15) is 5.69 Å². The highest BCUT2D eigenvalue weighted by Gasteiger charge is 2.45. The van der Waals surface area contributed by atoms with Gasteiger partial charge in [0.15, 0.2) is 0 Å². The summed E-state index contributed by atoms with van der Waals surface area (Å²) in [6, 6.07) is 13.0. The summed E-state index contributed by atoms with van der Waals surface area (Å²) in [7, 11) is 1.80. The number of hydrogen-bond acceptors (Lipinski definition) is 3. The van der Waals surface area contributed by atoms with Crippen LogP contribution in [0.5, 0.6) is 0 Å². The van der Waals surface area contributed by atoms with E-state index in [0.717, 1.165) is 32.5 Å². The van der Waals surface area contributed by atoms with E-state index in [1.165, 1.54) is 18.4 Å². The minimum absolute atomic E-state index is 0.0126. The third kappa shape index (κ3) is 3.47. The number of aryl methyl sites for hydroxylation is 1.